The normalized spacial score (nSPS) is 14.5. The molecule has 0 aliphatic rings. The van der Waals surface area contributed by atoms with Crippen molar-refractivity contribution < 1.29 is 34.5 Å². The molecule has 4 unspecified atom stereocenters. The van der Waals surface area contributed by atoms with Gasteiger partial charge >= 0.3 is 5.97 Å². The molecule has 0 aliphatic heterocycles. The maximum atomic E-state index is 13.1. The van der Waals surface area contributed by atoms with Gasteiger partial charge < -0.3 is 42.7 Å². The third-order valence-electron chi connectivity index (χ3n) is 5.35. The van der Waals surface area contributed by atoms with Crippen LogP contribution in [0.15, 0.2) is 24.3 Å². The lowest BCUT2D eigenvalue weighted by Crippen LogP contribution is -2.59. The molecule has 12 nitrogen and oxygen atoms in total. The summed E-state index contributed by atoms with van der Waals surface area (Å²) in [6.45, 7) is 3.14. The molecule has 10 N–H and O–H groups in total. The summed E-state index contributed by atoms with van der Waals surface area (Å²) in [4.78, 5) is 49.8. The van der Waals surface area contributed by atoms with Crippen LogP contribution in [0.5, 0.6) is 5.75 Å². The number of carbonyl (C=O) groups is 4. The number of amides is 3. The maximum absolute atomic E-state index is 13.1. The molecule has 35 heavy (non-hydrogen) atoms. The number of aliphatic hydroxyl groups is 1. The largest absolute Gasteiger partial charge is 0.508 e. The van der Waals surface area contributed by atoms with Crippen molar-refractivity contribution in [2.45, 2.75) is 63.7 Å². The van der Waals surface area contributed by atoms with E-state index < -0.39 is 60.4 Å². The average Bonchev–Trinajstić information content (AvgIpc) is 2.81. The number of unbranched alkanes of at least 4 members (excludes halogenated alkanes) is 1. The summed E-state index contributed by atoms with van der Waals surface area (Å²) < 4.78 is 0. The predicted octanol–water partition coefficient (Wildman–Crippen LogP) is -1.42. The van der Waals surface area contributed by atoms with E-state index in [1.54, 1.807) is 26.0 Å². The monoisotopic (exact) mass is 495 g/mol. The van der Waals surface area contributed by atoms with E-state index >= 15 is 0 Å². The van der Waals surface area contributed by atoms with Gasteiger partial charge in [0.2, 0.25) is 17.7 Å². The summed E-state index contributed by atoms with van der Waals surface area (Å²) in [5.74, 6) is -3.70. The summed E-state index contributed by atoms with van der Waals surface area (Å²) in [6.07, 6.45) is 1.33. The van der Waals surface area contributed by atoms with Crippen LogP contribution in [0.1, 0.15) is 38.7 Å². The summed E-state index contributed by atoms with van der Waals surface area (Å²) in [5, 5.41) is 35.6. The highest BCUT2D eigenvalue weighted by Gasteiger charge is 2.31. The number of aliphatic hydroxyl groups excluding tert-OH is 1. The number of carboxylic acid groups (broad SMARTS) is 1. The number of rotatable bonds is 15. The van der Waals surface area contributed by atoms with Crippen molar-refractivity contribution in [3.63, 3.8) is 0 Å². The Morgan fingerprint density at radius 3 is 2.03 bits per heavy atom. The van der Waals surface area contributed by atoms with Crippen LogP contribution in [-0.2, 0) is 25.6 Å². The third-order valence-corrected chi connectivity index (χ3v) is 5.35. The number of benzene rings is 1. The SMILES string of the molecule is CC(C)C(NC(=O)C(Cc1ccc(O)cc1)NC(=O)C(N)CO)C(=O)NC(CCCCN)C(=O)O. The molecular weight excluding hydrogens is 458 g/mol. The van der Waals surface area contributed by atoms with Crippen LogP contribution in [0.3, 0.4) is 0 Å². The minimum atomic E-state index is -1.25. The van der Waals surface area contributed by atoms with E-state index in [-0.39, 0.29) is 18.6 Å². The Labute approximate surface area is 204 Å². The van der Waals surface area contributed by atoms with Gasteiger partial charge in [-0.25, -0.2) is 4.79 Å². The number of aliphatic carboxylic acids is 1. The van der Waals surface area contributed by atoms with Crippen LogP contribution in [0.25, 0.3) is 0 Å². The molecule has 1 aromatic rings. The van der Waals surface area contributed by atoms with Crippen molar-refractivity contribution >= 4 is 23.7 Å². The number of carboxylic acids is 1. The Balaban J connectivity index is 3.03. The lowest BCUT2D eigenvalue weighted by molar-refractivity contribution is -0.142. The smallest absolute Gasteiger partial charge is 0.326 e. The fourth-order valence-electron chi connectivity index (χ4n) is 3.24. The minimum absolute atomic E-state index is 0.0132. The van der Waals surface area contributed by atoms with Crippen molar-refractivity contribution in [3.8, 4) is 5.75 Å². The van der Waals surface area contributed by atoms with Gasteiger partial charge in [-0.1, -0.05) is 26.0 Å². The number of aromatic hydroxyl groups is 1. The Morgan fingerprint density at radius 2 is 1.51 bits per heavy atom. The predicted molar refractivity (Wildman–Crippen MR) is 128 cm³/mol. The lowest BCUT2D eigenvalue weighted by Gasteiger charge is -2.27. The first-order chi connectivity index (χ1) is 16.5. The van der Waals surface area contributed by atoms with Gasteiger partial charge in [-0.2, -0.15) is 0 Å². The Morgan fingerprint density at radius 1 is 0.914 bits per heavy atom. The second-order valence-electron chi connectivity index (χ2n) is 8.63. The first kappa shape index (κ1) is 29.8. The van der Waals surface area contributed by atoms with Gasteiger partial charge in [0.15, 0.2) is 0 Å². The van der Waals surface area contributed by atoms with Crippen molar-refractivity contribution in [2.75, 3.05) is 13.2 Å². The minimum Gasteiger partial charge on any atom is -0.508 e. The van der Waals surface area contributed by atoms with Gasteiger partial charge in [0, 0.05) is 6.42 Å². The first-order valence-electron chi connectivity index (χ1n) is 11.5. The maximum Gasteiger partial charge on any atom is 0.326 e. The summed E-state index contributed by atoms with van der Waals surface area (Å²) in [6, 6.07) is 1.36. The average molecular weight is 496 g/mol. The van der Waals surface area contributed by atoms with Gasteiger partial charge in [0.05, 0.1) is 6.61 Å². The van der Waals surface area contributed by atoms with Crippen LogP contribution < -0.4 is 27.4 Å². The number of nitrogens with two attached hydrogens (primary N) is 2. The zero-order chi connectivity index (χ0) is 26.5. The van der Waals surface area contributed by atoms with E-state index in [2.05, 4.69) is 16.0 Å². The lowest BCUT2D eigenvalue weighted by atomic mass is 10.00. The Kier molecular flexibility index (Phi) is 12.7. The molecule has 0 bridgehead atoms. The molecule has 0 aliphatic carbocycles. The van der Waals surface area contributed by atoms with Crippen molar-refractivity contribution in [1.29, 1.82) is 0 Å². The van der Waals surface area contributed by atoms with E-state index in [4.69, 9.17) is 16.6 Å². The van der Waals surface area contributed by atoms with E-state index in [0.29, 0.717) is 24.9 Å². The highest BCUT2D eigenvalue weighted by molar-refractivity contribution is 5.94. The number of hydrogen-bond acceptors (Lipinski definition) is 8. The second-order valence-corrected chi connectivity index (χ2v) is 8.63. The molecule has 0 heterocycles. The van der Waals surface area contributed by atoms with Crippen LogP contribution in [0.4, 0.5) is 0 Å². The third kappa shape index (κ3) is 10.3. The molecule has 4 atom stereocenters. The van der Waals surface area contributed by atoms with E-state index in [9.17, 15) is 29.4 Å². The number of phenolic OH excluding ortho intramolecular Hbond substituents is 1. The van der Waals surface area contributed by atoms with E-state index in [1.165, 1.54) is 12.1 Å². The number of hydrogen-bond donors (Lipinski definition) is 8. The van der Waals surface area contributed by atoms with Gasteiger partial charge in [0.1, 0.15) is 29.9 Å². The molecule has 0 saturated carbocycles. The molecule has 0 spiro atoms. The van der Waals surface area contributed by atoms with Crippen LogP contribution in [0, 0.1) is 5.92 Å². The summed E-state index contributed by atoms with van der Waals surface area (Å²) >= 11 is 0. The van der Waals surface area contributed by atoms with E-state index in [1.807, 2.05) is 0 Å². The molecule has 0 aromatic heterocycles. The molecule has 196 valence electrons. The van der Waals surface area contributed by atoms with Gasteiger partial charge in [0.25, 0.3) is 0 Å². The first-order valence-corrected chi connectivity index (χ1v) is 11.5. The fraction of sp³-hybridized carbons (Fsp3) is 0.565. The molecule has 1 aromatic carbocycles. The van der Waals surface area contributed by atoms with Gasteiger partial charge in [-0.15, -0.1) is 0 Å². The van der Waals surface area contributed by atoms with E-state index in [0.717, 1.165) is 0 Å². The summed E-state index contributed by atoms with van der Waals surface area (Å²) in [5.41, 5.74) is 11.6. The molecule has 0 saturated heterocycles. The Hall–Kier alpha value is -3.22. The summed E-state index contributed by atoms with van der Waals surface area (Å²) in [7, 11) is 0. The molecule has 3 amide bonds. The quantitative estimate of drug-likeness (QED) is 0.134. The number of phenols is 1. The molecule has 12 heteroatoms. The van der Waals surface area contributed by atoms with Crippen molar-refractivity contribution in [1.82, 2.24) is 16.0 Å². The van der Waals surface area contributed by atoms with Gasteiger partial charge in [-0.3, -0.25) is 14.4 Å². The van der Waals surface area contributed by atoms with Crippen molar-refractivity contribution in [3.05, 3.63) is 29.8 Å². The number of nitrogens with one attached hydrogen (secondary N) is 3. The molecule has 0 fully saturated rings. The topological polar surface area (TPSA) is 217 Å². The van der Waals surface area contributed by atoms with Crippen LogP contribution in [-0.4, -0.2) is 76.3 Å². The van der Waals surface area contributed by atoms with Gasteiger partial charge in [-0.05, 0) is 49.4 Å². The van der Waals surface area contributed by atoms with Crippen LogP contribution >= 0.6 is 0 Å². The standard InChI is InChI=1S/C23H37N5O7/c1-13(2)19(22(33)26-17(23(34)35)5-3-4-10-24)28-21(32)18(27-20(31)16(25)12-29)11-14-6-8-15(30)9-7-14/h6-9,13,16-19,29-30H,3-5,10-12,24-25H2,1-2H3,(H,26,33)(H,27,31)(H,28,32)(H,34,35). The van der Waals surface area contributed by atoms with Crippen molar-refractivity contribution in [2.24, 2.45) is 17.4 Å². The molecule has 0 radical (unpaired) electrons. The fourth-order valence-corrected chi connectivity index (χ4v) is 3.24. The van der Waals surface area contributed by atoms with Crippen LogP contribution in [0.2, 0.25) is 0 Å². The Bertz CT molecular complexity index is 847. The highest BCUT2D eigenvalue weighted by atomic mass is 16.4. The second kappa shape index (κ2) is 14.9. The molecular formula is C23H37N5O7. The zero-order valence-electron chi connectivity index (χ0n) is 20.1. The number of carbonyl (C=O) groups excluding carboxylic acids is 3. The highest BCUT2D eigenvalue weighted by Crippen LogP contribution is 2.12. The zero-order valence-corrected chi connectivity index (χ0v) is 20.1. The molecule has 1 rings (SSSR count).